The van der Waals surface area contributed by atoms with E-state index in [1.807, 2.05) is 0 Å². The summed E-state index contributed by atoms with van der Waals surface area (Å²) >= 11 is -0.826. The summed E-state index contributed by atoms with van der Waals surface area (Å²) in [6.45, 7) is 17.5. The van der Waals surface area contributed by atoms with Crippen molar-refractivity contribution in [1.82, 2.24) is 0 Å². The van der Waals surface area contributed by atoms with E-state index in [-0.39, 0.29) is 0 Å². The minimum atomic E-state index is -0.826. The molecule has 238 valence electrons. The second-order valence-electron chi connectivity index (χ2n) is 12.4. The van der Waals surface area contributed by atoms with E-state index in [1.165, 1.54) is 82.4 Å². The van der Waals surface area contributed by atoms with Crippen LogP contribution in [0.5, 0.6) is 0 Å². The summed E-state index contributed by atoms with van der Waals surface area (Å²) in [7, 11) is 11.0. The van der Waals surface area contributed by atoms with Crippen LogP contribution in [0.1, 0.15) is 47.6 Å². The van der Waals surface area contributed by atoms with Crippen LogP contribution < -0.4 is 0 Å². The first kappa shape index (κ1) is 37.1. The molecule has 7 aromatic carbocycles. The van der Waals surface area contributed by atoms with Crippen molar-refractivity contribution in [3.63, 3.8) is 0 Å². The van der Waals surface area contributed by atoms with Crippen LogP contribution in [0.4, 0.5) is 0 Å². The molecule has 7 aromatic rings. The van der Waals surface area contributed by atoms with Crippen molar-refractivity contribution < 1.29 is 20.8 Å². The molecule has 0 fully saturated rings. The molecule has 0 aliphatic carbocycles. The summed E-state index contributed by atoms with van der Waals surface area (Å²) in [4.78, 5) is 0. The normalized spacial score (nSPS) is 10.5. The number of halogens is 2. The molecule has 0 aromatic heterocycles. The van der Waals surface area contributed by atoms with E-state index in [0.29, 0.717) is 5.92 Å². The minimum absolute atomic E-state index is 0.563. The van der Waals surface area contributed by atoms with E-state index in [2.05, 4.69) is 170 Å². The Morgan fingerprint density at radius 1 is 0.596 bits per heavy atom. The average Bonchev–Trinajstić information content (AvgIpc) is 3.68. The van der Waals surface area contributed by atoms with Gasteiger partial charge in [0.05, 0.1) is 0 Å². The van der Waals surface area contributed by atoms with Crippen LogP contribution in [0.25, 0.3) is 54.6 Å². The molecule has 0 amide bonds. The molecule has 2 radical (unpaired) electrons. The second kappa shape index (κ2) is 17.6. The maximum atomic E-state index is 4.93. The number of aryl methyl sites for hydroxylation is 4. The third-order valence-electron chi connectivity index (χ3n) is 8.59. The summed E-state index contributed by atoms with van der Waals surface area (Å²) < 4.78 is 0. The molecule has 0 saturated heterocycles. The van der Waals surface area contributed by atoms with Gasteiger partial charge in [0.25, 0.3) is 0 Å². The van der Waals surface area contributed by atoms with Crippen molar-refractivity contribution in [2.24, 2.45) is 0 Å². The molecule has 0 unspecified atom stereocenters. The van der Waals surface area contributed by atoms with Gasteiger partial charge in [-0.3, -0.25) is 0 Å². The van der Waals surface area contributed by atoms with Gasteiger partial charge in [0, 0.05) is 9.52 Å². The van der Waals surface area contributed by atoms with E-state index in [0.717, 1.165) is 9.52 Å². The fraction of sp³-hybridized carbons (Fsp3) is 0.209. The SMILES string of the molecule is CC(C)c1cc2c(-c3cccc4ccccc34)cccc2[cH-]1.C[Si]C.Cc1cc2c(-c3ccc(C)c(C)c3)ccc(C)c2[cH-]1.[Cl][Zr+2][Cl]. The average molecular weight is 751 g/mol. The van der Waals surface area contributed by atoms with Crippen LogP contribution in [0, 0.1) is 27.7 Å². The van der Waals surface area contributed by atoms with Crippen molar-refractivity contribution >= 4 is 58.9 Å². The van der Waals surface area contributed by atoms with Gasteiger partial charge in [0.15, 0.2) is 0 Å². The molecule has 0 N–H and O–H groups in total. The van der Waals surface area contributed by atoms with Gasteiger partial charge in [0.2, 0.25) is 0 Å². The Hall–Kier alpha value is -2.74. The van der Waals surface area contributed by atoms with Gasteiger partial charge >= 0.3 is 37.9 Å². The Bertz CT molecular complexity index is 2060. The standard InChI is InChI=1S/C22H19.C19H19.C2H6Si.2ClH.Zr/c1-15(2)18-13-17-9-6-12-21(22(17)14-18)20-11-5-8-16-7-3-4-10-19(16)20;1-12-9-18-14(3)6-8-17(19(18)10-12)16-7-5-13(2)15(4)11-16;1-3-2;;;/h3-15H,1-2H3;5-11H,1-4H3;1-2H3;2*1H;/q2*-1;;;;+4/p-2. The Labute approximate surface area is 303 Å². The molecule has 0 nitrogen and oxygen atoms in total. The zero-order valence-electron chi connectivity index (χ0n) is 28.8. The van der Waals surface area contributed by atoms with Crippen molar-refractivity contribution in [1.29, 1.82) is 0 Å². The Morgan fingerprint density at radius 3 is 1.89 bits per heavy atom. The first-order chi connectivity index (χ1) is 22.6. The quantitative estimate of drug-likeness (QED) is 0.125. The monoisotopic (exact) mass is 748 g/mol. The van der Waals surface area contributed by atoms with Gasteiger partial charge in [-0.15, -0.1) is 68.6 Å². The van der Waals surface area contributed by atoms with E-state index < -0.39 is 20.8 Å². The summed E-state index contributed by atoms with van der Waals surface area (Å²) in [6, 6.07) is 42.3. The van der Waals surface area contributed by atoms with Crippen LogP contribution in [-0.2, 0) is 20.8 Å². The van der Waals surface area contributed by atoms with Gasteiger partial charge in [0.1, 0.15) is 0 Å². The third kappa shape index (κ3) is 9.04. The summed E-state index contributed by atoms with van der Waals surface area (Å²) in [5.41, 5.74) is 12.1. The van der Waals surface area contributed by atoms with E-state index >= 15 is 0 Å². The van der Waals surface area contributed by atoms with Crippen molar-refractivity contribution in [3.8, 4) is 22.3 Å². The van der Waals surface area contributed by atoms with Gasteiger partial charge < -0.3 is 0 Å². The number of hydrogen-bond donors (Lipinski definition) is 0. The van der Waals surface area contributed by atoms with Crippen molar-refractivity contribution in [3.05, 3.63) is 143 Å². The maximum absolute atomic E-state index is 4.93. The van der Waals surface area contributed by atoms with Crippen LogP contribution in [-0.4, -0.2) is 9.52 Å². The molecule has 47 heavy (non-hydrogen) atoms. The molecular weight excluding hydrogens is 707 g/mol. The number of fused-ring (bicyclic) bond motifs is 3. The fourth-order valence-corrected chi connectivity index (χ4v) is 6.04. The molecule has 0 spiro atoms. The van der Waals surface area contributed by atoms with E-state index in [9.17, 15) is 0 Å². The molecule has 0 aliphatic heterocycles. The topological polar surface area (TPSA) is 0 Å². The fourth-order valence-electron chi connectivity index (χ4n) is 6.04. The zero-order chi connectivity index (χ0) is 34.1. The summed E-state index contributed by atoms with van der Waals surface area (Å²) in [6.07, 6.45) is 0. The molecule has 4 heteroatoms. The number of rotatable bonds is 3. The first-order valence-corrected chi connectivity index (χ1v) is 24.4. The zero-order valence-corrected chi connectivity index (χ0v) is 33.8. The molecule has 7 rings (SSSR count). The Morgan fingerprint density at radius 2 is 1.21 bits per heavy atom. The third-order valence-corrected chi connectivity index (χ3v) is 8.59. The van der Waals surface area contributed by atoms with E-state index in [4.69, 9.17) is 17.0 Å². The Balaban J connectivity index is 0.000000184. The number of benzene rings is 5. The van der Waals surface area contributed by atoms with Gasteiger partial charge in [-0.1, -0.05) is 125 Å². The van der Waals surface area contributed by atoms with Gasteiger partial charge in [-0.05, 0) is 52.8 Å². The summed E-state index contributed by atoms with van der Waals surface area (Å²) in [5.74, 6) is 0.563. The molecule has 0 aliphatic rings. The van der Waals surface area contributed by atoms with Crippen molar-refractivity contribution in [2.45, 2.75) is 60.6 Å². The van der Waals surface area contributed by atoms with Gasteiger partial charge in [-0.2, -0.15) is 12.1 Å². The van der Waals surface area contributed by atoms with Crippen LogP contribution >= 0.6 is 17.0 Å². The summed E-state index contributed by atoms with van der Waals surface area (Å²) in [5, 5.41) is 8.09. The Kier molecular flexibility index (Phi) is 13.9. The predicted octanol–water partition coefficient (Wildman–Crippen LogP) is 14.1. The molecule has 0 bridgehead atoms. The van der Waals surface area contributed by atoms with Crippen molar-refractivity contribution in [2.75, 3.05) is 0 Å². The molecular formula is C43H44Cl2SiZr. The molecule has 0 heterocycles. The van der Waals surface area contributed by atoms with Crippen LogP contribution in [0.2, 0.25) is 13.1 Å². The predicted molar refractivity (Wildman–Crippen MR) is 210 cm³/mol. The first-order valence-electron chi connectivity index (χ1n) is 16.1. The molecule has 0 atom stereocenters. The van der Waals surface area contributed by atoms with Gasteiger partial charge in [-0.25, -0.2) is 0 Å². The van der Waals surface area contributed by atoms with Crippen LogP contribution in [0.15, 0.2) is 115 Å². The van der Waals surface area contributed by atoms with Crippen LogP contribution in [0.3, 0.4) is 0 Å². The van der Waals surface area contributed by atoms with E-state index in [1.54, 1.807) is 0 Å². The number of hydrogen-bond acceptors (Lipinski definition) is 0. The second-order valence-corrected chi connectivity index (χ2v) is 17.2. The molecule has 0 saturated carbocycles.